The maximum atomic E-state index is 5.99. The normalized spacial score (nSPS) is 42.4. The van der Waals surface area contributed by atoms with Crippen LogP contribution in [0.3, 0.4) is 0 Å². The van der Waals surface area contributed by atoms with Gasteiger partial charge in [0.1, 0.15) is 0 Å². The van der Waals surface area contributed by atoms with Crippen LogP contribution in [-0.2, 0) is 0 Å². The van der Waals surface area contributed by atoms with Gasteiger partial charge in [-0.15, -0.1) is 0 Å². The molecule has 1 aliphatic heterocycles. The van der Waals surface area contributed by atoms with E-state index in [9.17, 15) is 0 Å². The van der Waals surface area contributed by atoms with Crippen molar-refractivity contribution in [3.05, 3.63) is 0 Å². The number of nitrogens with zero attached hydrogens (tertiary/aromatic N) is 1. The second-order valence-corrected chi connectivity index (χ2v) is 6.01. The molecule has 2 heteroatoms. The first-order valence-electron chi connectivity index (χ1n) is 5.98. The van der Waals surface area contributed by atoms with Gasteiger partial charge in [0.2, 0.25) is 0 Å². The lowest BCUT2D eigenvalue weighted by Crippen LogP contribution is -2.64. The summed E-state index contributed by atoms with van der Waals surface area (Å²) < 4.78 is 0. The topological polar surface area (TPSA) is 29.3 Å². The van der Waals surface area contributed by atoms with Crippen LogP contribution in [0.1, 0.15) is 46.5 Å². The summed E-state index contributed by atoms with van der Waals surface area (Å²) in [4.78, 5) is 2.69. The highest BCUT2D eigenvalue weighted by Crippen LogP contribution is 2.47. The van der Waals surface area contributed by atoms with Gasteiger partial charge in [0, 0.05) is 17.6 Å². The fourth-order valence-corrected chi connectivity index (χ4v) is 3.72. The molecule has 2 aliphatic rings. The molecule has 0 aromatic rings. The van der Waals surface area contributed by atoms with Gasteiger partial charge in [-0.2, -0.15) is 0 Å². The molecule has 14 heavy (non-hydrogen) atoms. The van der Waals surface area contributed by atoms with Gasteiger partial charge in [-0.3, -0.25) is 4.90 Å². The molecular weight excluding hydrogens is 172 g/mol. The summed E-state index contributed by atoms with van der Waals surface area (Å²) in [7, 11) is 0. The molecule has 1 saturated carbocycles. The van der Waals surface area contributed by atoms with Gasteiger partial charge in [0.15, 0.2) is 0 Å². The van der Waals surface area contributed by atoms with Crippen LogP contribution in [0.25, 0.3) is 0 Å². The highest BCUT2D eigenvalue weighted by atomic mass is 15.3. The van der Waals surface area contributed by atoms with Crippen molar-refractivity contribution in [2.75, 3.05) is 13.1 Å². The summed E-state index contributed by atoms with van der Waals surface area (Å²) in [5.74, 6) is 0.884. The summed E-state index contributed by atoms with van der Waals surface area (Å²) in [6.07, 6.45) is 5.31. The summed E-state index contributed by atoms with van der Waals surface area (Å²) in [6.45, 7) is 9.20. The van der Waals surface area contributed by atoms with E-state index >= 15 is 0 Å². The molecule has 1 heterocycles. The Labute approximate surface area is 87.8 Å². The van der Waals surface area contributed by atoms with Gasteiger partial charge in [0.25, 0.3) is 0 Å². The number of likely N-dealkylation sites (tertiary alicyclic amines) is 1. The molecule has 0 aromatic carbocycles. The van der Waals surface area contributed by atoms with Gasteiger partial charge in [0.05, 0.1) is 0 Å². The lowest BCUT2D eigenvalue weighted by molar-refractivity contribution is -0.0488. The van der Waals surface area contributed by atoms with E-state index < -0.39 is 0 Å². The van der Waals surface area contributed by atoms with Gasteiger partial charge in [-0.25, -0.2) is 0 Å². The van der Waals surface area contributed by atoms with E-state index in [-0.39, 0.29) is 0 Å². The van der Waals surface area contributed by atoms with E-state index in [4.69, 9.17) is 5.73 Å². The second kappa shape index (κ2) is 3.21. The number of hydrogen-bond donors (Lipinski definition) is 1. The first-order valence-corrected chi connectivity index (χ1v) is 5.98. The Kier molecular flexibility index (Phi) is 2.39. The van der Waals surface area contributed by atoms with Crippen LogP contribution >= 0.6 is 0 Å². The molecule has 0 spiro atoms. The van der Waals surface area contributed by atoms with Crippen LogP contribution in [0.2, 0.25) is 0 Å². The first kappa shape index (κ1) is 10.4. The maximum absolute atomic E-state index is 5.99. The lowest BCUT2D eigenvalue weighted by Gasteiger charge is -2.56. The van der Waals surface area contributed by atoms with Crippen molar-refractivity contribution in [2.24, 2.45) is 11.7 Å². The molecule has 2 fully saturated rings. The Morgan fingerprint density at radius 2 is 2.00 bits per heavy atom. The number of hydrogen-bond acceptors (Lipinski definition) is 2. The van der Waals surface area contributed by atoms with Crippen LogP contribution in [0.5, 0.6) is 0 Å². The Hall–Kier alpha value is -0.0800. The average molecular weight is 196 g/mol. The maximum Gasteiger partial charge on any atom is 0.0342 e. The minimum absolute atomic E-state index is 0.361. The second-order valence-electron chi connectivity index (χ2n) is 6.01. The van der Waals surface area contributed by atoms with Crippen molar-refractivity contribution in [3.63, 3.8) is 0 Å². The van der Waals surface area contributed by atoms with Crippen LogP contribution in [0.4, 0.5) is 0 Å². The predicted molar refractivity (Wildman–Crippen MR) is 60.2 cm³/mol. The van der Waals surface area contributed by atoms with E-state index in [0.29, 0.717) is 11.1 Å². The Bertz CT molecular complexity index is 216. The van der Waals surface area contributed by atoms with Gasteiger partial charge >= 0.3 is 0 Å². The van der Waals surface area contributed by atoms with E-state index in [0.717, 1.165) is 12.5 Å². The fraction of sp³-hybridized carbons (Fsp3) is 1.00. The SMILES string of the molecule is CC1CC(CN)(N2CCCC2(C)C)C1. The van der Waals surface area contributed by atoms with E-state index in [1.54, 1.807) is 0 Å². The van der Waals surface area contributed by atoms with Crippen LogP contribution < -0.4 is 5.73 Å². The quantitative estimate of drug-likeness (QED) is 0.732. The van der Waals surface area contributed by atoms with Crippen LogP contribution in [0, 0.1) is 5.92 Å². The lowest BCUT2D eigenvalue weighted by atomic mass is 9.67. The smallest absolute Gasteiger partial charge is 0.0342 e. The van der Waals surface area contributed by atoms with Gasteiger partial charge in [-0.1, -0.05) is 6.92 Å². The van der Waals surface area contributed by atoms with Crippen molar-refractivity contribution < 1.29 is 0 Å². The zero-order valence-corrected chi connectivity index (χ0v) is 9.84. The molecule has 1 aliphatic carbocycles. The zero-order chi connectivity index (χ0) is 10.4. The molecule has 82 valence electrons. The molecule has 1 saturated heterocycles. The Morgan fingerprint density at radius 3 is 2.36 bits per heavy atom. The standard InChI is InChI=1S/C12H24N2/c1-10-7-12(8-10,9-13)14-6-4-5-11(14,2)3/h10H,4-9,13H2,1-3H3. The molecule has 2 nitrogen and oxygen atoms in total. The molecule has 0 unspecified atom stereocenters. The third-order valence-electron chi connectivity index (χ3n) is 4.31. The third kappa shape index (κ3) is 1.40. The highest BCUT2D eigenvalue weighted by molar-refractivity contribution is 5.08. The molecule has 0 atom stereocenters. The summed E-state index contributed by atoms with van der Waals surface area (Å²) in [5.41, 5.74) is 6.74. The molecule has 2 rings (SSSR count). The van der Waals surface area contributed by atoms with Crippen molar-refractivity contribution in [3.8, 4) is 0 Å². The Balaban J connectivity index is 2.13. The third-order valence-corrected chi connectivity index (χ3v) is 4.31. The summed E-state index contributed by atoms with van der Waals surface area (Å²) in [5, 5.41) is 0. The first-order chi connectivity index (χ1) is 6.50. The van der Waals surface area contributed by atoms with Crippen molar-refractivity contribution >= 4 is 0 Å². The van der Waals surface area contributed by atoms with Crippen LogP contribution in [0.15, 0.2) is 0 Å². The molecule has 0 aromatic heterocycles. The monoisotopic (exact) mass is 196 g/mol. The zero-order valence-electron chi connectivity index (χ0n) is 9.84. The average Bonchev–Trinajstić information content (AvgIpc) is 2.40. The summed E-state index contributed by atoms with van der Waals surface area (Å²) >= 11 is 0. The number of rotatable bonds is 2. The van der Waals surface area contributed by atoms with E-state index in [2.05, 4.69) is 25.7 Å². The summed E-state index contributed by atoms with van der Waals surface area (Å²) in [6, 6.07) is 0. The van der Waals surface area contributed by atoms with Crippen molar-refractivity contribution in [1.82, 2.24) is 4.90 Å². The minimum atomic E-state index is 0.361. The molecule has 0 amide bonds. The molecule has 0 radical (unpaired) electrons. The highest BCUT2D eigenvalue weighted by Gasteiger charge is 2.51. The largest absolute Gasteiger partial charge is 0.329 e. The molecule has 0 bridgehead atoms. The molecular formula is C12H24N2. The van der Waals surface area contributed by atoms with Gasteiger partial charge in [-0.05, 0) is 52.0 Å². The molecule has 2 N–H and O–H groups in total. The predicted octanol–water partition coefficient (Wildman–Crippen LogP) is 1.99. The number of nitrogens with two attached hydrogens (primary N) is 1. The van der Waals surface area contributed by atoms with Gasteiger partial charge < -0.3 is 5.73 Å². The Morgan fingerprint density at radius 1 is 1.36 bits per heavy atom. The van der Waals surface area contributed by atoms with E-state index in [1.165, 1.54) is 32.2 Å². The van der Waals surface area contributed by atoms with E-state index in [1.807, 2.05) is 0 Å². The minimum Gasteiger partial charge on any atom is -0.329 e. The fourth-order valence-electron chi connectivity index (χ4n) is 3.72. The van der Waals surface area contributed by atoms with Crippen LogP contribution in [-0.4, -0.2) is 29.1 Å². The van der Waals surface area contributed by atoms with Crippen molar-refractivity contribution in [2.45, 2.75) is 57.5 Å². The van der Waals surface area contributed by atoms with Crippen molar-refractivity contribution in [1.29, 1.82) is 0 Å².